The highest BCUT2D eigenvalue weighted by molar-refractivity contribution is 6.03. The molecule has 1 atom stereocenters. The summed E-state index contributed by atoms with van der Waals surface area (Å²) in [5.74, 6) is -0.248. The van der Waals surface area contributed by atoms with Crippen LogP contribution in [0.5, 0.6) is 0 Å². The fraction of sp³-hybridized carbons (Fsp3) is 0.200. The summed E-state index contributed by atoms with van der Waals surface area (Å²) in [5.41, 5.74) is 4.60. The van der Waals surface area contributed by atoms with Crippen LogP contribution < -0.4 is 5.32 Å². The Kier molecular flexibility index (Phi) is 5.43. The van der Waals surface area contributed by atoms with Gasteiger partial charge < -0.3 is 10.2 Å². The van der Waals surface area contributed by atoms with Gasteiger partial charge in [-0.15, -0.1) is 0 Å². The Balaban J connectivity index is 1.62. The van der Waals surface area contributed by atoms with E-state index in [1.54, 1.807) is 4.90 Å². The van der Waals surface area contributed by atoms with Crippen LogP contribution in [0.1, 0.15) is 34.0 Å². The quantitative estimate of drug-likeness (QED) is 0.682. The molecule has 0 radical (unpaired) electrons. The van der Waals surface area contributed by atoms with Crippen molar-refractivity contribution in [2.45, 2.75) is 32.4 Å². The fourth-order valence-electron chi connectivity index (χ4n) is 3.80. The Morgan fingerprint density at radius 2 is 1.69 bits per heavy atom. The molecule has 0 spiro atoms. The van der Waals surface area contributed by atoms with Gasteiger partial charge in [0.15, 0.2) is 0 Å². The molecule has 29 heavy (non-hydrogen) atoms. The van der Waals surface area contributed by atoms with Crippen molar-refractivity contribution in [3.05, 3.63) is 101 Å². The Morgan fingerprint density at radius 1 is 0.966 bits per heavy atom. The number of hydrogen-bond donors (Lipinski definition) is 1. The number of nitrogens with one attached hydrogen (secondary N) is 1. The zero-order valence-corrected chi connectivity index (χ0v) is 16.5. The molecule has 1 aliphatic heterocycles. The first kappa shape index (κ1) is 18.9. The van der Waals surface area contributed by atoms with Gasteiger partial charge in [0, 0.05) is 24.2 Å². The normalized spacial score (nSPS) is 13.8. The van der Waals surface area contributed by atoms with Crippen LogP contribution >= 0.6 is 0 Å². The maximum absolute atomic E-state index is 13.3. The Labute approximate surface area is 171 Å². The van der Waals surface area contributed by atoms with Crippen LogP contribution in [0, 0.1) is 0 Å². The van der Waals surface area contributed by atoms with E-state index in [-0.39, 0.29) is 11.8 Å². The number of rotatable bonds is 6. The van der Waals surface area contributed by atoms with Crippen molar-refractivity contribution in [3.63, 3.8) is 0 Å². The number of carbonyl (C=O) groups excluding carboxylic acids is 2. The van der Waals surface area contributed by atoms with Crippen LogP contribution in [0.15, 0.2) is 78.9 Å². The third kappa shape index (κ3) is 4.06. The molecular formula is C25H24N2O2. The first-order valence-electron chi connectivity index (χ1n) is 9.98. The second-order valence-corrected chi connectivity index (χ2v) is 7.34. The second kappa shape index (κ2) is 8.31. The molecule has 0 saturated heterocycles. The van der Waals surface area contributed by atoms with Crippen LogP contribution in [0.25, 0.3) is 0 Å². The van der Waals surface area contributed by atoms with Gasteiger partial charge in [0.2, 0.25) is 5.91 Å². The van der Waals surface area contributed by atoms with Gasteiger partial charge in [-0.05, 0) is 41.3 Å². The van der Waals surface area contributed by atoms with Gasteiger partial charge in [0.05, 0.1) is 0 Å². The maximum atomic E-state index is 13.3. The highest BCUT2D eigenvalue weighted by Gasteiger charge is 2.36. The summed E-state index contributed by atoms with van der Waals surface area (Å²) in [6.07, 6.45) is 1.37. The number of hydrogen-bond acceptors (Lipinski definition) is 2. The van der Waals surface area contributed by atoms with Crippen LogP contribution in [-0.4, -0.2) is 22.8 Å². The molecule has 0 unspecified atom stereocenters. The maximum Gasteiger partial charge on any atom is 0.255 e. The Morgan fingerprint density at radius 3 is 2.45 bits per heavy atom. The molecular weight excluding hydrogens is 360 g/mol. The van der Waals surface area contributed by atoms with E-state index in [0.29, 0.717) is 18.5 Å². The monoisotopic (exact) mass is 384 g/mol. The van der Waals surface area contributed by atoms with E-state index in [1.165, 1.54) is 0 Å². The number of amides is 2. The van der Waals surface area contributed by atoms with Crippen molar-refractivity contribution in [1.29, 1.82) is 0 Å². The number of fused-ring (bicyclic) bond motifs is 1. The highest BCUT2D eigenvalue weighted by Crippen LogP contribution is 2.26. The summed E-state index contributed by atoms with van der Waals surface area (Å²) < 4.78 is 0. The van der Waals surface area contributed by atoms with E-state index < -0.39 is 6.04 Å². The van der Waals surface area contributed by atoms with Gasteiger partial charge in [0.1, 0.15) is 6.04 Å². The van der Waals surface area contributed by atoms with E-state index in [1.807, 2.05) is 78.9 Å². The molecule has 1 N–H and O–H groups in total. The van der Waals surface area contributed by atoms with E-state index in [2.05, 4.69) is 12.2 Å². The minimum absolute atomic E-state index is 0.0843. The summed E-state index contributed by atoms with van der Waals surface area (Å²) in [6, 6.07) is 24.7. The van der Waals surface area contributed by atoms with Crippen molar-refractivity contribution in [2.75, 3.05) is 5.32 Å². The molecule has 2 amide bonds. The van der Waals surface area contributed by atoms with E-state index in [4.69, 9.17) is 0 Å². The SMILES string of the molecule is CCc1cccc(NC(=O)[C@H](Cc2ccccc2)N2Cc3ccccc3C2=O)c1. The predicted octanol–water partition coefficient (Wildman–Crippen LogP) is 4.45. The average molecular weight is 384 g/mol. The zero-order chi connectivity index (χ0) is 20.2. The zero-order valence-electron chi connectivity index (χ0n) is 16.5. The van der Waals surface area contributed by atoms with Crippen molar-refractivity contribution >= 4 is 17.5 Å². The third-order valence-corrected chi connectivity index (χ3v) is 5.40. The lowest BCUT2D eigenvalue weighted by atomic mass is 10.0. The lowest BCUT2D eigenvalue weighted by Gasteiger charge is -2.27. The molecule has 0 aromatic heterocycles. The summed E-state index contributed by atoms with van der Waals surface area (Å²) in [6.45, 7) is 2.54. The van der Waals surface area contributed by atoms with Crippen LogP contribution in [0.3, 0.4) is 0 Å². The van der Waals surface area contributed by atoms with E-state index in [9.17, 15) is 9.59 Å². The van der Waals surface area contributed by atoms with Crippen molar-refractivity contribution in [1.82, 2.24) is 4.90 Å². The van der Waals surface area contributed by atoms with Crippen molar-refractivity contribution < 1.29 is 9.59 Å². The summed E-state index contributed by atoms with van der Waals surface area (Å²) in [4.78, 5) is 28.0. The number of aryl methyl sites for hydroxylation is 1. The summed E-state index contributed by atoms with van der Waals surface area (Å²) >= 11 is 0. The molecule has 4 nitrogen and oxygen atoms in total. The molecule has 1 heterocycles. The van der Waals surface area contributed by atoms with Crippen molar-refractivity contribution in [2.24, 2.45) is 0 Å². The summed E-state index contributed by atoms with van der Waals surface area (Å²) in [5, 5.41) is 3.03. The molecule has 0 aliphatic carbocycles. The second-order valence-electron chi connectivity index (χ2n) is 7.34. The largest absolute Gasteiger partial charge is 0.324 e. The first-order valence-corrected chi connectivity index (χ1v) is 9.98. The van der Waals surface area contributed by atoms with E-state index >= 15 is 0 Å². The van der Waals surface area contributed by atoms with Crippen molar-refractivity contribution in [3.8, 4) is 0 Å². The molecule has 1 aliphatic rings. The Bertz CT molecular complexity index is 1030. The smallest absolute Gasteiger partial charge is 0.255 e. The molecule has 4 rings (SSSR count). The van der Waals surface area contributed by atoms with Gasteiger partial charge in [0.25, 0.3) is 5.91 Å². The average Bonchev–Trinajstić information content (AvgIpc) is 3.09. The van der Waals surface area contributed by atoms with E-state index in [0.717, 1.165) is 28.8 Å². The molecule has 3 aromatic carbocycles. The van der Waals surface area contributed by atoms with Gasteiger partial charge >= 0.3 is 0 Å². The molecule has 3 aromatic rings. The molecule has 146 valence electrons. The number of nitrogens with zero attached hydrogens (tertiary/aromatic N) is 1. The molecule has 0 fully saturated rings. The molecule has 0 bridgehead atoms. The van der Waals surface area contributed by atoms with Crippen LogP contribution in [0.4, 0.5) is 5.69 Å². The number of benzene rings is 3. The highest BCUT2D eigenvalue weighted by atomic mass is 16.2. The van der Waals surface area contributed by atoms with Gasteiger partial charge in [-0.2, -0.15) is 0 Å². The third-order valence-electron chi connectivity index (χ3n) is 5.40. The topological polar surface area (TPSA) is 49.4 Å². The first-order chi connectivity index (χ1) is 14.2. The molecule has 4 heteroatoms. The number of carbonyl (C=O) groups is 2. The minimum Gasteiger partial charge on any atom is -0.324 e. The van der Waals surface area contributed by atoms with Gasteiger partial charge in [-0.1, -0.05) is 67.6 Å². The fourth-order valence-corrected chi connectivity index (χ4v) is 3.80. The van der Waals surface area contributed by atoms with Gasteiger partial charge in [-0.3, -0.25) is 9.59 Å². The number of anilines is 1. The predicted molar refractivity (Wildman–Crippen MR) is 115 cm³/mol. The standard InChI is InChI=1S/C25H24N2O2/c1-2-18-11-8-13-21(15-18)26-24(28)23(16-19-9-4-3-5-10-19)27-17-20-12-6-7-14-22(20)25(27)29/h3-15,23H,2,16-17H2,1H3,(H,26,28)/t23-/m0/s1. The van der Waals surface area contributed by atoms with Crippen LogP contribution in [-0.2, 0) is 24.2 Å². The lowest BCUT2D eigenvalue weighted by Crippen LogP contribution is -2.45. The summed E-state index contributed by atoms with van der Waals surface area (Å²) in [7, 11) is 0. The Hall–Kier alpha value is -3.40. The minimum atomic E-state index is -0.581. The lowest BCUT2D eigenvalue weighted by molar-refractivity contribution is -0.120. The molecule has 0 saturated carbocycles. The van der Waals surface area contributed by atoms with Crippen LogP contribution in [0.2, 0.25) is 0 Å². The van der Waals surface area contributed by atoms with Gasteiger partial charge in [-0.25, -0.2) is 0 Å².